The van der Waals surface area contributed by atoms with Gasteiger partial charge in [0.1, 0.15) is 0 Å². The number of nitrogens with zero attached hydrogens (tertiary/aromatic N) is 3. The molecule has 0 atom stereocenters. The third kappa shape index (κ3) is 2.25. The van der Waals surface area contributed by atoms with Crippen LogP contribution in [0.15, 0.2) is 37.0 Å². The quantitative estimate of drug-likeness (QED) is 0.609. The molecule has 10 nitrogen and oxygen atoms in total. The van der Waals surface area contributed by atoms with Crippen molar-refractivity contribution in [3.8, 4) is 5.69 Å². The van der Waals surface area contributed by atoms with Crippen LogP contribution in [0, 0.1) is 0 Å². The van der Waals surface area contributed by atoms with Gasteiger partial charge in [-0.05, 0) is 12.1 Å². The number of rotatable bonds is 2. The lowest BCUT2D eigenvalue weighted by molar-refractivity contribution is 0.0589. The SMILES string of the molecule is COC(=O)c1nn(-c2ccc3c(c2)oc(=O)n3C)c(=O)[nH]c1=O. The zero-order valence-corrected chi connectivity index (χ0v) is 12.0. The molecule has 2 aromatic heterocycles. The zero-order valence-electron chi connectivity index (χ0n) is 12.0. The van der Waals surface area contributed by atoms with Crippen LogP contribution in [-0.2, 0) is 11.8 Å². The van der Waals surface area contributed by atoms with Gasteiger partial charge in [-0.1, -0.05) is 0 Å². The Morgan fingerprint density at radius 2 is 2.04 bits per heavy atom. The molecule has 0 amide bonds. The summed E-state index contributed by atoms with van der Waals surface area (Å²) in [5.74, 6) is -1.54. The van der Waals surface area contributed by atoms with Crippen LogP contribution in [0.3, 0.4) is 0 Å². The summed E-state index contributed by atoms with van der Waals surface area (Å²) in [6, 6.07) is 4.43. The molecule has 0 radical (unpaired) electrons. The normalized spacial score (nSPS) is 10.9. The number of esters is 1. The van der Waals surface area contributed by atoms with Gasteiger partial charge in [-0.15, -0.1) is 0 Å². The number of carbonyl (C=O) groups is 1. The van der Waals surface area contributed by atoms with E-state index >= 15 is 0 Å². The van der Waals surface area contributed by atoms with Crippen LogP contribution < -0.4 is 17.0 Å². The van der Waals surface area contributed by atoms with Crippen LogP contribution in [0.25, 0.3) is 16.8 Å². The lowest BCUT2D eigenvalue weighted by Crippen LogP contribution is -2.36. The fourth-order valence-electron chi connectivity index (χ4n) is 2.06. The van der Waals surface area contributed by atoms with Gasteiger partial charge in [0.2, 0.25) is 5.69 Å². The number of aromatic amines is 1. The topological polar surface area (TPSA) is 129 Å². The molecular formula is C13H10N4O6. The number of hydrogen-bond acceptors (Lipinski definition) is 7. The summed E-state index contributed by atoms with van der Waals surface area (Å²) in [5, 5.41) is 3.71. The number of oxazole rings is 1. The number of nitrogens with one attached hydrogen (secondary N) is 1. The molecule has 0 bridgehead atoms. The van der Waals surface area contributed by atoms with Crippen molar-refractivity contribution in [1.82, 2.24) is 19.3 Å². The van der Waals surface area contributed by atoms with Crippen molar-refractivity contribution in [2.24, 2.45) is 7.05 Å². The van der Waals surface area contributed by atoms with E-state index in [4.69, 9.17) is 4.42 Å². The third-order valence-corrected chi connectivity index (χ3v) is 3.23. The smallest absolute Gasteiger partial charge is 0.419 e. The Morgan fingerprint density at radius 3 is 2.74 bits per heavy atom. The van der Waals surface area contributed by atoms with Crippen molar-refractivity contribution in [2.45, 2.75) is 0 Å². The van der Waals surface area contributed by atoms with Crippen molar-refractivity contribution in [3.05, 3.63) is 55.3 Å². The number of H-pyrrole nitrogens is 1. The van der Waals surface area contributed by atoms with Gasteiger partial charge in [0.05, 0.1) is 18.3 Å². The summed E-state index contributed by atoms with van der Waals surface area (Å²) < 4.78 is 11.6. The molecule has 0 aliphatic carbocycles. The summed E-state index contributed by atoms with van der Waals surface area (Å²) in [6.07, 6.45) is 0. The maximum atomic E-state index is 11.9. The Bertz CT molecular complexity index is 1100. The maximum Gasteiger partial charge on any atom is 0.419 e. The number of fused-ring (bicyclic) bond motifs is 1. The molecule has 0 unspecified atom stereocenters. The molecule has 0 spiro atoms. The van der Waals surface area contributed by atoms with Crippen molar-refractivity contribution in [2.75, 3.05) is 7.11 Å². The molecule has 0 fully saturated rings. The molecule has 23 heavy (non-hydrogen) atoms. The summed E-state index contributed by atoms with van der Waals surface area (Å²) in [6.45, 7) is 0. The highest BCUT2D eigenvalue weighted by Gasteiger charge is 2.17. The minimum atomic E-state index is -0.979. The average Bonchev–Trinajstić information content (AvgIpc) is 2.81. The van der Waals surface area contributed by atoms with E-state index in [1.165, 1.54) is 23.7 Å². The monoisotopic (exact) mass is 318 g/mol. The molecule has 0 saturated heterocycles. The number of aromatic nitrogens is 4. The molecule has 1 aromatic carbocycles. The number of benzene rings is 1. The first-order valence-electron chi connectivity index (χ1n) is 6.34. The second kappa shape index (κ2) is 5.09. The van der Waals surface area contributed by atoms with Gasteiger partial charge in [-0.2, -0.15) is 9.78 Å². The lowest BCUT2D eigenvalue weighted by atomic mass is 10.3. The van der Waals surface area contributed by atoms with Crippen LogP contribution in [0.1, 0.15) is 10.5 Å². The fraction of sp³-hybridized carbons (Fsp3) is 0.154. The van der Waals surface area contributed by atoms with Crippen LogP contribution >= 0.6 is 0 Å². The highest BCUT2D eigenvalue weighted by atomic mass is 16.5. The van der Waals surface area contributed by atoms with Crippen molar-refractivity contribution < 1.29 is 13.9 Å². The van der Waals surface area contributed by atoms with Gasteiger partial charge < -0.3 is 9.15 Å². The first kappa shape index (κ1) is 14.5. The third-order valence-electron chi connectivity index (χ3n) is 3.23. The number of aryl methyl sites for hydroxylation is 1. The molecule has 3 rings (SSSR count). The van der Waals surface area contributed by atoms with Gasteiger partial charge in [0, 0.05) is 13.1 Å². The summed E-state index contributed by atoms with van der Waals surface area (Å²) in [4.78, 5) is 48.5. The molecule has 3 aromatic rings. The zero-order chi connectivity index (χ0) is 16.7. The number of hydrogen-bond donors (Lipinski definition) is 1. The molecule has 118 valence electrons. The Hall–Kier alpha value is -3.43. The number of ether oxygens (including phenoxy) is 1. The van der Waals surface area contributed by atoms with Gasteiger partial charge in [-0.25, -0.2) is 14.4 Å². The minimum absolute atomic E-state index is 0.207. The van der Waals surface area contributed by atoms with Gasteiger partial charge in [0.25, 0.3) is 5.56 Å². The van der Waals surface area contributed by atoms with Crippen LogP contribution in [0.5, 0.6) is 0 Å². The van der Waals surface area contributed by atoms with E-state index in [9.17, 15) is 19.2 Å². The lowest BCUT2D eigenvalue weighted by Gasteiger charge is -2.05. The molecule has 0 aliphatic heterocycles. The van der Waals surface area contributed by atoms with Gasteiger partial charge in [0.15, 0.2) is 5.58 Å². The predicted octanol–water partition coefficient (Wildman–Crippen LogP) is -0.848. The van der Waals surface area contributed by atoms with E-state index in [0.717, 1.165) is 11.8 Å². The molecule has 2 heterocycles. The summed E-state index contributed by atoms with van der Waals surface area (Å²) in [5.41, 5.74) is -1.41. The van der Waals surface area contributed by atoms with Gasteiger partial charge >= 0.3 is 17.4 Å². The standard InChI is InChI=1S/C13H10N4O6/c1-16-7-4-3-6(5-8(7)23-13(16)21)17-12(20)14-10(18)9(15-17)11(19)22-2/h3-5H,1-2H3,(H,14,18,20). The first-order chi connectivity index (χ1) is 10.9. The second-order valence-corrected chi connectivity index (χ2v) is 4.59. The van der Waals surface area contributed by atoms with E-state index in [0.29, 0.717) is 5.52 Å². The molecular weight excluding hydrogens is 308 g/mol. The number of methoxy groups -OCH3 is 1. The summed E-state index contributed by atoms with van der Waals surface area (Å²) >= 11 is 0. The van der Waals surface area contributed by atoms with E-state index < -0.39 is 28.7 Å². The van der Waals surface area contributed by atoms with Crippen molar-refractivity contribution in [3.63, 3.8) is 0 Å². The highest BCUT2D eigenvalue weighted by Crippen LogP contribution is 2.15. The van der Waals surface area contributed by atoms with Crippen LogP contribution in [0.2, 0.25) is 0 Å². The Morgan fingerprint density at radius 1 is 1.30 bits per heavy atom. The molecule has 1 N–H and O–H groups in total. The van der Waals surface area contributed by atoms with Crippen LogP contribution in [-0.4, -0.2) is 32.4 Å². The Kier molecular flexibility index (Phi) is 3.21. The van der Waals surface area contributed by atoms with E-state index in [-0.39, 0.29) is 11.3 Å². The molecule has 10 heteroatoms. The maximum absolute atomic E-state index is 11.9. The summed E-state index contributed by atoms with van der Waals surface area (Å²) in [7, 11) is 2.62. The Balaban J connectivity index is 2.26. The van der Waals surface area contributed by atoms with E-state index in [1.807, 2.05) is 4.98 Å². The van der Waals surface area contributed by atoms with Crippen molar-refractivity contribution in [1.29, 1.82) is 0 Å². The van der Waals surface area contributed by atoms with Crippen LogP contribution in [0.4, 0.5) is 0 Å². The first-order valence-corrected chi connectivity index (χ1v) is 6.34. The molecule has 0 aliphatic rings. The van der Waals surface area contributed by atoms with E-state index in [1.54, 1.807) is 6.07 Å². The Labute approximate surface area is 126 Å². The highest BCUT2D eigenvalue weighted by molar-refractivity contribution is 5.86. The predicted molar refractivity (Wildman–Crippen MR) is 76.8 cm³/mol. The fourth-order valence-corrected chi connectivity index (χ4v) is 2.06. The second-order valence-electron chi connectivity index (χ2n) is 4.59. The van der Waals surface area contributed by atoms with Crippen molar-refractivity contribution >= 4 is 17.1 Å². The minimum Gasteiger partial charge on any atom is -0.464 e. The van der Waals surface area contributed by atoms with E-state index in [2.05, 4.69) is 9.84 Å². The molecule has 0 saturated carbocycles. The van der Waals surface area contributed by atoms with Gasteiger partial charge in [-0.3, -0.25) is 14.3 Å². The average molecular weight is 318 g/mol. The number of carbonyl (C=O) groups excluding carboxylic acids is 1. The largest absolute Gasteiger partial charge is 0.464 e.